The lowest BCUT2D eigenvalue weighted by Crippen LogP contribution is -2.46. The predicted octanol–water partition coefficient (Wildman–Crippen LogP) is 3.00. The van der Waals surface area contributed by atoms with Gasteiger partial charge in [-0.2, -0.15) is 4.68 Å². The molecule has 0 radical (unpaired) electrons. The number of aromatic nitrogens is 4. The predicted molar refractivity (Wildman–Crippen MR) is 117 cm³/mol. The summed E-state index contributed by atoms with van der Waals surface area (Å²) in [6, 6.07) is 10.6. The smallest absolute Gasteiger partial charge is 0.338 e. The number of thioether (sulfide) groups is 1. The number of amides is 2. The topological polar surface area (TPSA) is 111 Å². The first kappa shape index (κ1) is 21.1. The standard InChI is InChI=1S/C20H20N6O3S2/c1-3-29-18(27)16-13(21-19(28)22-17(16)15-9-6-10-30-15)11-31-20-23-24-25-26(20)14-8-5-4-7-12(14)2/h4-10,17H,3,11H2,1-2H3,(H2,21,22,28)/t17-/m0/s1. The van der Waals surface area contributed by atoms with E-state index in [1.54, 1.807) is 11.6 Å². The minimum atomic E-state index is -0.573. The van der Waals surface area contributed by atoms with Gasteiger partial charge in [0.2, 0.25) is 5.16 Å². The maximum absolute atomic E-state index is 12.8. The lowest BCUT2D eigenvalue weighted by Gasteiger charge is -2.28. The summed E-state index contributed by atoms with van der Waals surface area (Å²) in [6.07, 6.45) is 0. The Morgan fingerprint density at radius 1 is 1.29 bits per heavy atom. The van der Waals surface area contributed by atoms with Crippen LogP contribution in [0.1, 0.15) is 23.4 Å². The number of thiophene rings is 1. The van der Waals surface area contributed by atoms with E-state index in [1.807, 2.05) is 48.7 Å². The maximum atomic E-state index is 12.8. The molecule has 0 bridgehead atoms. The number of rotatable bonds is 7. The molecule has 2 amide bonds. The van der Waals surface area contributed by atoms with Crippen LogP contribution in [-0.2, 0) is 9.53 Å². The molecule has 1 aliphatic heterocycles. The van der Waals surface area contributed by atoms with E-state index in [0.29, 0.717) is 16.4 Å². The second-order valence-corrected chi connectivity index (χ2v) is 8.53. The zero-order valence-electron chi connectivity index (χ0n) is 16.9. The van der Waals surface area contributed by atoms with Crippen LogP contribution in [0.3, 0.4) is 0 Å². The van der Waals surface area contributed by atoms with Gasteiger partial charge in [0.15, 0.2) is 0 Å². The minimum Gasteiger partial charge on any atom is -0.463 e. The quantitative estimate of drug-likeness (QED) is 0.415. The van der Waals surface area contributed by atoms with E-state index in [2.05, 4.69) is 26.2 Å². The third-order valence-electron chi connectivity index (χ3n) is 4.61. The van der Waals surface area contributed by atoms with Crippen LogP contribution in [0, 0.1) is 6.92 Å². The molecule has 1 atom stereocenters. The molecule has 2 aromatic heterocycles. The van der Waals surface area contributed by atoms with Crippen LogP contribution >= 0.6 is 23.1 Å². The Hall–Kier alpha value is -3.18. The molecule has 0 fully saturated rings. The zero-order valence-corrected chi connectivity index (χ0v) is 18.5. The van der Waals surface area contributed by atoms with Gasteiger partial charge in [-0.25, -0.2) is 9.59 Å². The van der Waals surface area contributed by atoms with Crippen molar-refractivity contribution in [2.75, 3.05) is 12.4 Å². The molecular weight excluding hydrogens is 436 g/mol. The molecule has 0 saturated carbocycles. The monoisotopic (exact) mass is 456 g/mol. The van der Waals surface area contributed by atoms with Crippen molar-refractivity contribution in [3.05, 3.63) is 63.5 Å². The highest BCUT2D eigenvalue weighted by Gasteiger charge is 2.34. The van der Waals surface area contributed by atoms with E-state index in [4.69, 9.17) is 4.74 Å². The van der Waals surface area contributed by atoms with Crippen LogP contribution in [-0.4, -0.2) is 44.6 Å². The molecular formula is C20H20N6O3S2. The second-order valence-electron chi connectivity index (χ2n) is 6.61. The molecule has 0 aliphatic carbocycles. The maximum Gasteiger partial charge on any atom is 0.338 e. The number of carbonyl (C=O) groups is 2. The van der Waals surface area contributed by atoms with Crippen molar-refractivity contribution in [3.63, 3.8) is 0 Å². The number of ether oxygens (including phenoxy) is 1. The molecule has 0 unspecified atom stereocenters. The summed E-state index contributed by atoms with van der Waals surface area (Å²) in [4.78, 5) is 26.0. The fourth-order valence-electron chi connectivity index (χ4n) is 3.21. The molecule has 1 aliphatic rings. The third kappa shape index (κ3) is 4.47. The number of nitrogens with one attached hydrogen (secondary N) is 2. The zero-order chi connectivity index (χ0) is 21.8. The summed E-state index contributed by atoms with van der Waals surface area (Å²) >= 11 is 2.79. The van der Waals surface area contributed by atoms with Crippen molar-refractivity contribution < 1.29 is 14.3 Å². The van der Waals surface area contributed by atoms with Gasteiger partial charge >= 0.3 is 12.0 Å². The van der Waals surface area contributed by atoms with Crippen molar-refractivity contribution in [2.45, 2.75) is 25.0 Å². The highest BCUT2D eigenvalue weighted by atomic mass is 32.2. The minimum absolute atomic E-state index is 0.236. The van der Waals surface area contributed by atoms with E-state index < -0.39 is 12.0 Å². The van der Waals surface area contributed by atoms with Gasteiger partial charge in [-0.3, -0.25) is 0 Å². The highest BCUT2D eigenvalue weighted by Crippen LogP contribution is 2.32. The Labute approximate surface area is 186 Å². The van der Waals surface area contributed by atoms with Crippen LogP contribution in [0.4, 0.5) is 4.79 Å². The van der Waals surface area contributed by atoms with Gasteiger partial charge in [-0.1, -0.05) is 36.0 Å². The number of carbonyl (C=O) groups excluding carboxylic acids is 2. The van der Waals surface area contributed by atoms with Crippen LogP contribution in [0.15, 0.2) is 58.2 Å². The van der Waals surface area contributed by atoms with Gasteiger partial charge in [0, 0.05) is 16.3 Å². The number of nitrogens with zero attached hydrogens (tertiary/aromatic N) is 4. The average Bonchev–Trinajstić information content (AvgIpc) is 3.44. The molecule has 0 saturated heterocycles. The van der Waals surface area contributed by atoms with Gasteiger partial charge in [0.1, 0.15) is 0 Å². The first-order chi connectivity index (χ1) is 15.1. The number of hydrogen-bond acceptors (Lipinski definition) is 8. The molecule has 9 nitrogen and oxygen atoms in total. The van der Waals surface area contributed by atoms with Crippen molar-refractivity contribution >= 4 is 35.1 Å². The van der Waals surface area contributed by atoms with Gasteiger partial charge in [0.05, 0.1) is 23.9 Å². The van der Waals surface area contributed by atoms with Crippen LogP contribution in [0.2, 0.25) is 0 Å². The first-order valence-electron chi connectivity index (χ1n) is 9.56. The van der Waals surface area contributed by atoms with Crippen molar-refractivity contribution in [2.24, 2.45) is 0 Å². The van der Waals surface area contributed by atoms with Crippen LogP contribution in [0.25, 0.3) is 5.69 Å². The molecule has 3 aromatic rings. The third-order valence-corrected chi connectivity index (χ3v) is 6.49. The normalized spacial score (nSPS) is 16.1. The van der Waals surface area contributed by atoms with Crippen molar-refractivity contribution in [1.29, 1.82) is 0 Å². The summed E-state index contributed by atoms with van der Waals surface area (Å²) in [5, 5.41) is 20.0. The average molecular weight is 457 g/mol. The summed E-state index contributed by atoms with van der Waals surface area (Å²) < 4.78 is 6.93. The van der Waals surface area contributed by atoms with Gasteiger partial charge in [0.25, 0.3) is 0 Å². The number of esters is 1. The first-order valence-corrected chi connectivity index (χ1v) is 11.4. The molecule has 2 N–H and O–H groups in total. The summed E-state index contributed by atoms with van der Waals surface area (Å²) in [5.74, 6) is -0.183. The Morgan fingerprint density at radius 2 is 2.13 bits per heavy atom. The lowest BCUT2D eigenvalue weighted by atomic mass is 10.0. The SMILES string of the molecule is CCOC(=O)C1=C(CSc2nnnn2-c2ccccc2C)NC(=O)N[C@H]1c1cccs1. The Kier molecular flexibility index (Phi) is 6.33. The number of benzene rings is 1. The van der Waals surface area contributed by atoms with E-state index in [-0.39, 0.29) is 18.4 Å². The lowest BCUT2D eigenvalue weighted by molar-refractivity contribution is -0.139. The molecule has 0 spiro atoms. The van der Waals surface area contributed by atoms with Crippen LogP contribution in [0.5, 0.6) is 0 Å². The molecule has 11 heteroatoms. The Bertz CT molecular complexity index is 1130. The Morgan fingerprint density at radius 3 is 2.87 bits per heavy atom. The number of urea groups is 1. The molecule has 160 valence electrons. The summed E-state index contributed by atoms with van der Waals surface area (Å²) in [6.45, 7) is 3.96. The fraction of sp³-hybridized carbons (Fsp3) is 0.250. The van der Waals surface area contributed by atoms with Crippen molar-refractivity contribution in [3.8, 4) is 5.69 Å². The molecule has 3 heterocycles. The van der Waals surface area contributed by atoms with E-state index in [9.17, 15) is 9.59 Å². The van der Waals surface area contributed by atoms with Crippen molar-refractivity contribution in [1.82, 2.24) is 30.8 Å². The fourth-order valence-corrected chi connectivity index (χ4v) is 4.85. The highest BCUT2D eigenvalue weighted by molar-refractivity contribution is 7.99. The Balaban J connectivity index is 1.66. The number of tetrazole rings is 1. The summed E-state index contributed by atoms with van der Waals surface area (Å²) in [5.41, 5.74) is 2.74. The second kappa shape index (κ2) is 9.31. The molecule has 1 aromatic carbocycles. The molecule has 4 rings (SSSR count). The van der Waals surface area contributed by atoms with Crippen LogP contribution < -0.4 is 10.6 Å². The van der Waals surface area contributed by atoms with Gasteiger partial charge in [-0.05, 0) is 47.4 Å². The number of para-hydroxylation sites is 1. The molecule has 31 heavy (non-hydrogen) atoms. The largest absolute Gasteiger partial charge is 0.463 e. The van der Waals surface area contributed by atoms with E-state index in [0.717, 1.165) is 16.1 Å². The van der Waals surface area contributed by atoms with Gasteiger partial charge in [-0.15, -0.1) is 16.4 Å². The van der Waals surface area contributed by atoms with Gasteiger partial charge < -0.3 is 15.4 Å². The van der Waals surface area contributed by atoms with E-state index >= 15 is 0 Å². The summed E-state index contributed by atoms with van der Waals surface area (Å²) in [7, 11) is 0. The number of hydrogen-bond donors (Lipinski definition) is 2. The van der Waals surface area contributed by atoms with E-state index in [1.165, 1.54) is 23.1 Å². The number of aryl methyl sites for hydroxylation is 1.